The van der Waals surface area contributed by atoms with Crippen LogP contribution in [0.15, 0.2) is 82.0 Å². The zero-order valence-electron chi connectivity index (χ0n) is 18.8. The molecule has 0 bridgehead atoms. The van der Waals surface area contributed by atoms with E-state index < -0.39 is 5.63 Å². The van der Waals surface area contributed by atoms with Crippen molar-refractivity contribution >= 4 is 39.9 Å². The number of carbonyl (C=O) groups excluding carboxylic acids is 1. The minimum Gasteiger partial charge on any atom is -0.422 e. The molecule has 1 aliphatic rings. The van der Waals surface area contributed by atoms with Gasteiger partial charge in [0, 0.05) is 37.1 Å². The molecule has 0 saturated carbocycles. The molecule has 6 nitrogen and oxygen atoms in total. The number of hydrogen-bond donors (Lipinski definition) is 1. The molecule has 1 N–H and O–H groups in total. The highest BCUT2D eigenvalue weighted by Gasteiger charge is 2.21. The minimum absolute atomic E-state index is 0.241. The van der Waals surface area contributed by atoms with Gasteiger partial charge in [-0.1, -0.05) is 48.0 Å². The summed E-state index contributed by atoms with van der Waals surface area (Å²) in [4.78, 5) is 30.0. The molecular weight excluding hydrogens is 450 g/mol. The van der Waals surface area contributed by atoms with E-state index in [2.05, 4.69) is 22.2 Å². The zero-order chi connectivity index (χ0) is 23.7. The van der Waals surface area contributed by atoms with Crippen molar-refractivity contribution in [1.82, 2.24) is 4.90 Å². The molecule has 34 heavy (non-hydrogen) atoms. The van der Waals surface area contributed by atoms with Crippen molar-refractivity contribution in [2.24, 2.45) is 0 Å². The summed E-state index contributed by atoms with van der Waals surface area (Å²) in [7, 11) is 2.10. The van der Waals surface area contributed by atoms with Gasteiger partial charge in [-0.3, -0.25) is 4.79 Å². The third-order valence-corrected chi connectivity index (χ3v) is 6.46. The predicted octanol–water partition coefficient (Wildman–Crippen LogP) is 5.12. The highest BCUT2D eigenvalue weighted by molar-refractivity contribution is 6.34. The van der Waals surface area contributed by atoms with Crippen molar-refractivity contribution in [1.29, 1.82) is 0 Å². The number of rotatable bonds is 4. The van der Waals surface area contributed by atoms with E-state index in [0.29, 0.717) is 33.0 Å². The number of nitrogens with one attached hydrogen (secondary N) is 1. The molecule has 3 aromatic carbocycles. The number of anilines is 2. The van der Waals surface area contributed by atoms with E-state index in [0.717, 1.165) is 37.3 Å². The zero-order valence-corrected chi connectivity index (χ0v) is 19.5. The first-order valence-electron chi connectivity index (χ1n) is 11.2. The number of carbonyl (C=O) groups is 1. The Balaban J connectivity index is 1.38. The van der Waals surface area contributed by atoms with Crippen LogP contribution in [-0.4, -0.2) is 44.0 Å². The number of piperazine rings is 1. The fraction of sp³-hybridized carbons (Fsp3) is 0.185. The van der Waals surface area contributed by atoms with Gasteiger partial charge in [0.1, 0.15) is 5.58 Å². The van der Waals surface area contributed by atoms with E-state index >= 15 is 0 Å². The monoisotopic (exact) mass is 473 g/mol. The van der Waals surface area contributed by atoms with E-state index in [1.807, 2.05) is 42.5 Å². The first-order chi connectivity index (χ1) is 16.5. The molecule has 5 rings (SSSR count). The Morgan fingerprint density at radius 1 is 0.941 bits per heavy atom. The Bertz CT molecular complexity index is 1410. The van der Waals surface area contributed by atoms with Crippen LogP contribution < -0.4 is 15.8 Å². The molecule has 1 saturated heterocycles. The summed E-state index contributed by atoms with van der Waals surface area (Å²) in [5, 5.41) is 4.47. The summed E-state index contributed by atoms with van der Waals surface area (Å²) < 4.78 is 5.44. The van der Waals surface area contributed by atoms with Crippen molar-refractivity contribution in [3.8, 4) is 11.1 Å². The normalized spacial score (nSPS) is 14.4. The first kappa shape index (κ1) is 22.2. The molecule has 2 heterocycles. The first-order valence-corrected chi connectivity index (χ1v) is 11.5. The summed E-state index contributed by atoms with van der Waals surface area (Å²) >= 11 is 6.53. The molecule has 0 radical (unpaired) electrons. The lowest BCUT2D eigenvalue weighted by Gasteiger charge is -2.35. The van der Waals surface area contributed by atoms with Crippen LogP contribution in [-0.2, 0) is 0 Å². The standard InChI is InChI=1S/C27H24ClN3O3/c1-30-13-15-31(16-14-30)25-22(28)6-4-7-23(25)29-26(32)19-11-9-18(10-12-19)21-17-20-5-2-3-8-24(20)34-27(21)33/h2-12,17H,13-16H2,1H3,(H,29,32). The average molecular weight is 474 g/mol. The maximum absolute atomic E-state index is 13.0. The van der Waals surface area contributed by atoms with Crippen LogP contribution in [0.4, 0.5) is 11.4 Å². The Morgan fingerprint density at radius 3 is 2.44 bits per heavy atom. The second kappa shape index (κ2) is 9.33. The lowest BCUT2D eigenvalue weighted by atomic mass is 10.0. The van der Waals surface area contributed by atoms with Gasteiger partial charge >= 0.3 is 5.63 Å². The number of likely N-dealkylation sites (N-methyl/N-ethyl adjacent to an activating group) is 1. The van der Waals surface area contributed by atoms with E-state index in [-0.39, 0.29) is 5.91 Å². The van der Waals surface area contributed by atoms with Crippen LogP contribution in [0.25, 0.3) is 22.1 Å². The number of hydrogen-bond acceptors (Lipinski definition) is 5. The maximum Gasteiger partial charge on any atom is 0.344 e. The quantitative estimate of drug-likeness (QED) is 0.417. The van der Waals surface area contributed by atoms with Crippen LogP contribution in [0.1, 0.15) is 10.4 Å². The number of amides is 1. The minimum atomic E-state index is -0.411. The topological polar surface area (TPSA) is 65.8 Å². The van der Waals surface area contributed by atoms with Crippen LogP contribution in [0.5, 0.6) is 0 Å². The van der Waals surface area contributed by atoms with Gasteiger partial charge in [0.25, 0.3) is 5.91 Å². The molecule has 0 spiro atoms. The van der Waals surface area contributed by atoms with Gasteiger partial charge in [-0.15, -0.1) is 0 Å². The van der Waals surface area contributed by atoms with E-state index in [1.54, 1.807) is 30.3 Å². The fourth-order valence-electron chi connectivity index (χ4n) is 4.23. The van der Waals surface area contributed by atoms with Gasteiger partial charge in [0.15, 0.2) is 0 Å². The molecule has 4 aromatic rings. The third-order valence-electron chi connectivity index (χ3n) is 6.15. The second-order valence-corrected chi connectivity index (χ2v) is 8.85. The second-order valence-electron chi connectivity index (χ2n) is 8.44. The summed E-state index contributed by atoms with van der Waals surface area (Å²) in [6.45, 7) is 3.55. The molecular formula is C27H24ClN3O3. The molecule has 0 aliphatic carbocycles. The van der Waals surface area contributed by atoms with Gasteiger partial charge in [0.2, 0.25) is 0 Å². The fourth-order valence-corrected chi connectivity index (χ4v) is 4.52. The molecule has 1 aliphatic heterocycles. The van der Waals surface area contributed by atoms with Crippen LogP contribution in [0.3, 0.4) is 0 Å². The largest absolute Gasteiger partial charge is 0.422 e. The van der Waals surface area contributed by atoms with Crippen molar-refractivity contribution in [2.45, 2.75) is 0 Å². The number of para-hydroxylation sites is 2. The average Bonchev–Trinajstić information content (AvgIpc) is 2.85. The molecule has 0 atom stereocenters. The van der Waals surface area contributed by atoms with Gasteiger partial charge < -0.3 is 19.5 Å². The molecule has 0 unspecified atom stereocenters. The van der Waals surface area contributed by atoms with Gasteiger partial charge in [0.05, 0.1) is 22.0 Å². The Kier molecular flexibility index (Phi) is 6.09. The van der Waals surface area contributed by atoms with Crippen molar-refractivity contribution in [3.05, 3.63) is 93.8 Å². The molecule has 1 fully saturated rings. The van der Waals surface area contributed by atoms with Crippen LogP contribution >= 0.6 is 11.6 Å². The number of fused-ring (bicyclic) bond motifs is 1. The number of nitrogens with zero attached hydrogens (tertiary/aromatic N) is 2. The summed E-state index contributed by atoms with van der Waals surface area (Å²) in [5.74, 6) is -0.241. The molecule has 7 heteroatoms. The number of halogens is 1. The maximum atomic E-state index is 13.0. The third kappa shape index (κ3) is 4.42. The Morgan fingerprint density at radius 2 is 1.68 bits per heavy atom. The van der Waals surface area contributed by atoms with E-state index in [4.69, 9.17) is 16.0 Å². The van der Waals surface area contributed by atoms with Gasteiger partial charge in [-0.25, -0.2) is 4.79 Å². The highest BCUT2D eigenvalue weighted by atomic mass is 35.5. The smallest absolute Gasteiger partial charge is 0.344 e. The lowest BCUT2D eigenvalue weighted by molar-refractivity contribution is 0.102. The Labute approximate surface area is 202 Å². The molecule has 1 aromatic heterocycles. The van der Waals surface area contributed by atoms with Crippen molar-refractivity contribution in [3.63, 3.8) is 0 Å². The van der Waals surface area contributed by atoms with Gasteiger partial charge in [-0.05, 0) is 49.0 Å². The predicted molar refractivity (Wildman–Crippen MR) is 137 cm³/mol. The Hall–Kier alpha value is -3.61. The molecule has 1 amide bonds. The van der Waals surface area contributed by atoms with Crippen LogP contribution in [0.2, 0.25) is 5.02 Å². The highest BCUT2D eigenvalue weighted by Crippen LogP contribution is 2.35. The number of benzene rings is 3. The molecule has 172 valence electrons. The van der Waals surface area contributed by atoms with Crippen LogP contribution in [0, 0.1) is 0 Å². The van der Waals surface area contributed by atoms with Crippen molar-refractivity contribution < 1.29 is 9.21 Å². The SMILES string of the molecule is CN1CCN(c2c(Cl)cccc2NC(=O)c2ccc(-c3cc4ccccc4oc3=O)cc2)CC1. The summed E-state index contributed by atoms with van der Waals surface area (Å²) in [5.41, 5.74) is 3.29. The van der Waals surface area contributed by atoms with Gasteiger partial charge in [-0.2, -0.15) is 0 Å². The summed E-state index contributed by atoms with van der Waals surface area (Å²) in [6.07, 6.45) is 0. The van der Waals surface area contributed by atoms with E-state index in [1.165, 1.54) is 0 Å². The summed E-state index contributed by atoms with van der Waals surface area (Å²) in [6, 6.07) is 21.7. The lowest BCUT2D eigenvalue weighted by Crippen LogP contribution is -2.44. The van der Waals surface area contributed by atoms with Crippen molar-refractivity contribution in [2.75, 3.05) is 43.4 Å². The van der Waals surface area contributed by atoms with E-state index in [9.17, 15) is 9.59 Å².